The summed E-state index contributed by atoms with van der Waals surface area (Å²) in [4.78, 5) is 0. The zero-order chi connectivity index (χ0) is 29.9. The Bertz CT molecular complexity index is 1360. The van der Waals surface area contributed by atoms with Gasteiger partial charge in [-0.2, -0.15) is 71.8 Å². The van der Waals surface area contributed by atoms with E-state index in [4.69, 9.17) is 11.6 Å². The minimum absolute atomic E-state index is 0. The Morgan fingerprint density at radius 2 is 1.42 bits per heavy atom. The number of rotatable bonds is 1. The van der Waals surface area contributed by atoms with Crippen molar-refractivity contribution in [1.29, 1.82) is 0 Å². The van der Waals surface area contributed by atoms with E-state index >= 15 is 0 Å². The molecular weight excluding hydrogens is 666 g/mol. The van der Waals surface area contributed by atoms with Gasteiger partial charge in [0.05, 0.1) is 0 Å². The van der Waals surface area contributed by atoms with Gasteiger partial charge >= 0.3 is 74.4 Å². The fourth-order valence-corrected chi connectivity index (χ4v) is 4.82. The van der Waals surface area contributed by atoms with E-state index in [1.807, 2.05) is 66.7 Å². The largest absolute Gasteiger partial charge is 0.273 e. The Kier molecular flexibility index (Phi) is 17.0. The van der Waals surface area contributed by atoms with Crippen molar-refractivity contribution in [2.24, 2.45) is 0 Å². The summed E-state index contributed by atoms with van der Waals surface area (Å²) in [6, 6.07) is 35.4. The van der Waals surface area contributed by atoms with Crippen LogP contribution in [-0.2, 0) is 41.5 Å². The third kappa shape index (κ3) is 12.9. The second kappa shape index (κ2) is 18.7. The summed E-state index contributed by atoms with van der Waals surface area (Å²) in [7, 11) is 0. The average Bonchev–Trinajstić information content (AvgIpc) is 3.66. The van der Waals surface area contributed by atoms with Gasteiger partial charge in [0, 0.05) is 0 Å². The third-order valence-electron chi connectivity index (χ3n) is 6.76. The number of allylic oxidation sites excluding steroid dienone is 4. The monoisotopic (exact) mass is 705 g/mol. The van der Waals surface area contributed by atoms with E-state index in [1.165, 1.54) is 63.2 Å². The van der Waals surface area contributed by atoms with Gasteiger partial charge in [-0.15, -0.1) is 36.8 Å². The van der Waals surface area contributed by atoms with Crippen LogP contribution in [0.15, 0.2) is 103 Å². The van der Waals surface area contributed by atoms with Crippen LogP contribution < -0.4 is 0 Å². The fraction of sp³-hybridized carbons (Fsp3) is 0.256. The van der Waals surface area contributed by atoms with Crippen molar-refractivity contribution in [2.45, 2.75) is 65.2 Å². The molecule has 4 heteroatoms. The van der Waals surface area contributed by atoms with Gasteiger partial charge in [0.25, 0.3) is 0 Å². The van der Waals surface area contributed by atoms with Crippen LogP contribution in [0.3, 0.4) is 0 Å². The summed E-state index contributed by atoms with van der Waals surface area (Å²) in [5.41, 5.74) is 10.0. The molecule has 2 aliphatic carbocycles. The molecule has 226 valence electrons. The smallest absolute Gasteiger partial charge is 0.109 e. The molecule has 43 heavy (non-hydrogen) atoms. The first-order chi connectivity index (χ1) is 19.5. The molecule has 0 fully saturated rings. The van der Waals surface area contributed by atoms with Gasteiger partial charge in [-0.05, 0) is 17.4 Å². The van der Waals surface area contributed by atoms with E-state index in [-0.39, 0.29) is 35.6 Å². The second-order valence-electron chi connectivity index (χ2n) is 12.1. The minimum atomic E-state index is 0. The maximum absolute atomic E-state index is 5.66. The van der Waals surface area contributed by atoms with Crippen LogP contribution in [0.5, 0.6) is 0 Å². The van der Waals surface area contributed by atoms with Gasteiger partial charge < -0.3 is 0 Å². The number of fused-ring (bicyclic) bond motifs is 3. The van der Waals surface area contributed by atoms with E-state index < -0.39 is 0 Å². The average molecular weight is 708 g/mol. The van der Waals surface area contributed by atoms with E-state index in [2.05, 4.69) is 99.9 Å². The van der Waals surface area contributed by atoms with Crippen molar-refractivity contribution in [2.75, 3.05) is 0 Å². The van der Waals surface area contributed by atoms with E-state index in [0.717, 1.165) is 17.9 Å². The van der Waals surface area contributed by atoms with Crippen molar-refractivity contribution in [3.8, 4) is 11.1 Å². The molecule has 0 saturated carbocycles. The van der Waals surface area contributed by atoms with Crippen LogP contribution in [-0.4, -0.2) is 3.71 Å². The normalized spacial score (nSPS) is 11.9. The maximum atomic E-state index is 5.66. The van der Waals surface area contributed by atoms with Gasteiger partial charge in [0.2, 0.25) is 0 Å². The predicted molar refractivity (Wildman–Crippen MR) is 189 cm³/mol. The van der Waals surface area contributed by atoms with E-state index in [9.17, 15) is 0 Å². The first kappa shape index (κ1) is 39.0. The number of hydrogen-bond donors (Lipinski definition) is 0. The van der Waals surface area contributed by atoms with Crippen molar-refractivity contribution in [3.63, 3.8) is 0 Å². The molecule has 0 aromatic heterocycles. The standard InChI is InChI=1S/C21H25.C7H5Cl.C6H5.C5H5.2ClH.Zr/c1-20(2,3)16-9-7-14-11-15-8-10-17(21(4,5)6)13-19(15)18(14)12-16;1-6-2-4-7(8)5-3-6;1-2-4-6-5-3-1;1-2-4-5-3-1;;;/h7,9-10,12-13H,11H2,1-6H3;1-5H;1-5H;1-3H,4H2;2*1H;/q-1;;2*-1;;;. The molecule has 0 radical (unpaired) electrons. The summed E-state index contributed by atoms with van der Waals surface area (Å²) in [6.45, 7) is 13.6. The Balaban J connectivity index is 0.000000345. The summed E-state index contributed by atoms with van der Waals surface area (Å²) in [5, 5.41) is 0.802. The third-order valence-corrected chi connectivity index (χ3v) is 7.83. The number of halogens is 3. The van der Waals surface area contributed by atoms with Crippen LogP contribution in [0, 0.1) is 18.2 Å². The minimum Gasteiger partial charge on any atom is -0.273 e. The summed E-state index contributed by atoms with van der Waals surface area (Å²) in [6.07, 6.45) is 11.0. The topological polar surface area (TPSA) is 0 Å². The van der Waals surface area contributed by atoms with Crippen LogP contribution in [0.2, 0.25) is 5.02 Å². The quantitative estimate of drug-likeness (QED) is 0.152. The predicted octanol–water partition coefficient (Wildman–Crippen LogP) is 11.3. The van der Waals surface area contributed by atoms with E-state index in [1.54, 1.807) is 0 Å². The van der Waals surface area contributed by atoms with Crippen LogP contribution >= 0.6 is 36.4 Å². The molecule has 0 aliphatic heterocycles. The molecule has 0 unspecified atom stereocenters. The molecule has 6 rings (SSSR count). The summed E-state index contributed by atoms with van der Waals surface area (Å²) in [5.74, 6) is 0. The number of hydrogen-bond acceptors (Lipinski definition) is 0. The number of benzene rings is 4. The fourth-order valence-electron chi connectivity index (χ4n) is 4.23. The van der Waals surface area contributed by atoms with Gasteiger partial charge in [-0.25, -0.2) is 12.2 Å². The molecule has 2 aliphatic rings. The molecular formula is C39H42Cl3Zr-3. The molecule has 0 heterocycles. The molecule has 0 amide bonds. The van der Waals surface area contributed by atoms with Crippen LogP contribution in [0.4, 0.5) is 0 Å². The molecule has 0 saturated heterocycles. The van der Waals surface area contributed by atoms with Crippen LogP contribution in [0.1, 0.15) is 75.8 Å². The molecule has 0 N–H and O–H groups in total. The second-order valence-corrected chi connectivity index (χ2v) is 13.3. The molecule has 0 atom stereocenters. The molecule has 0 bridgehead atoms. The van der Waals surface area contributed by atoms with Crippen molar-refractivity contribution < 1.29 is 24.2 Å². The summed E-state index contributed by atoms with van der Waals surface area (Å²) >= 11 is 7.08. The van der Waals surface area contributed by atoms with Crippen LogP contribution in [0.25, 0.3) is 11.1 Å². The maximum Gasteiger partial charge on any atom is -0.109 e. The zero-order valence-corrected chi connectivity index (χ0v) is 30.8. The molecule has 4 aromatic carbocycles. The molecule has 0 nitrogen and oxygen atoms in total. The van der Waals surface area contributed by atoms with Gasteiger partial charge in [0.15, 0.2) is 0 Å². The van der Waals surface area contributed by atoms with Gasteiger partial charge in [-0.3, -0.25) is 6.08 Å². The Morgan fingerprint density at radius 1 is 0.791 bits per heavy atom. The van der Waals surface area contributed by atoms with Gasteiger partial charge in [-0.1, -0.05) is 76.3 Å². The first-order valence-corrected chi connectivity index (χ1v) is 15.9. The van der Waals surface area contributed by atoms with E-state index in [0.29, 0.717) is 0 Å². The van der Waals surface area contributed by atoms with Gasteiger partial charge in [0.1, 0.15) is 0 Å². The Hall–Kier alpha value is -2.02. The molecule has 0 spiro atoms. The zero-order valence-electron chi connectivity index (χ0n) is 26.0. The van der Waals surface area contributed by atoms with Crippen molar-refractivity contribution in [1.82, 2.24) is 0 Å². The van der Waals surface area contributed by atoms with Crippen molar-refractivity contribution in [3.05, 3.63) is 154 Å². The Morgan fingerprint density at radius 3 is 1.86 bits per heavy atom. The van der Waals surface area contributed by atoms with Crippen molar-refractivity contribution >= 4 is 40.1 Å². The molecule has 4 aromatic rings. The Labute approximate surface area is 292 Å². The first-order valence-electron chi connectivity index (χ1n) is 14.1. The SMILES string of the molecule is CC(C)(C)c1c[c-]c2c(c1)-c1cc(C(C)(C)C)ccc1C2.Cl.Cl.Clc1ccc([CH]=[Zr])cc1.[C-]1=CC=CC1.[c-]1ccccc1. The summed E-state index contributed by atoms with van der Waals surface area (Å²) < 4.78 is 2.13.